The molecule has 1 amide bonds. The van der Waals surface area contributed by atoms with Gasteiger partial charge in [-0.05, 0) is 17.5 Å². The summed E-state index contributed by atoms with van der Waals surface area (Å²) in [5.74, 6) is 0.189. The van der Waals surface area contributed by atoms with Crippen LogP contribution in [0.15, 0.2) is 65.6 Å². The molecule has 25 heavy (non-hydrogen) atoms. The molecule has 2 aromatic carbocycles. The molecule has 0 atom stereocenters. The SMILES string of the molecule is O=C(c1cnc(-c2ccccc2)[nH]c1=O)N1CCc2ccccc2C1. The molecule has 0 radical (unpaired) electrons. The highest BCUT2D eigenvalue weighted by Crippen LogP contribution is 2.20. The Hall–Kier alpha value is -3.21. The number of H-pyrrole nitrogens is 1. The first-order valence-electron chi connectivity index (χ1n) is 8.23. The number of rotatable bonds is 2. The van der Waals surface area contributed by atoms with E-state index in [1.807, 2.05) is 48.5 Å². The van der Waals surface area contributed by atoms with E-state index in [1.165, 1.54) is 11.8 Å². The van der Waals surface area contributed by atoms with Crippen molar-refractivity contribution in [2.75, 3.05) is 6.54 Å². The van der Waals surface area contributed by atoms with Gasteiger partial charge in [-0.3, -0.25) is 9.59 Å². The van der Waals surface area contributed by atoms with Crippen molar-refractivity contribution in [3.63, 3.8) is 0 Å². The van der Waals surface area contributed by atoms with Crippen molar-refractivity contribution < 1.29 is 4.79 Å². The van der Waals surface area contributed by atoms with Crippen LogP contribution < -0.4 is 5.56 Å². The van der Waals surface area contributed by atoms with Crippen molar-refractivity contribution in [1.29, 1.82) is 0 Å². The number of aromatic amines is 1. The van der Waals surface area contributed by atoms with Gasteiger partial charge in [-0.15, -0.1) is 0 Å². The fourth-order valence-corrected chi connectivity index (χ4v) is 3.13. The largest absolute Gasteiger partial charge is 0.334 e. The number of fused-ring (bicyclic) bond motifs is 1. The molecule has 0 saturated carbocycles. The molecule has 124 valence electrons. The van der Waals surface area contributed by atoms with Crippen molar-refractivity contribution >= 4 is 5.91 Å². The van der Waals surface area contributed by atoms with Gasteiger partial charge in [0.1, 0.15) is 11.4 Å². The quantitative estimate of drug-likeness (QED) is 0.785. The van der Waals surface area contributed by atoms with Crippen LogP contribution in [0.1, 0.15) is 21.5 Å². The topological polar surface area (TPSA) is 66.1 Å². The molecule has 5 heteroatoms. The van der Waals surface area contributed by atoms with Gasteiger partial charge in [0.2, 0.25) is 0 Å². The zero-order chi connectivity index (χ0) is 17.2. The Balaban J connectivity index is 1.60. The molecule has 2 heterocycles. The van der Waals surface area contributed by atoms with E-state index in [0.717, 1.165) is 17.5 Å². The minimum Gasteiger partial charge on any atom is -0.334 e. The van der Waals surface area contributed by atoms with Gasteiger partial charge in [-0.2, -0.15) is 0 Å². The van der Waals surface area contributed by atoms with E-state index in [1.54, 1.807) is 4.90 Å². The smallest absolute Gasteiger partial charge is 0.264 e. The Morgan fingerprint density at radius 2 is 1.72 bits per heavy atom. The molecule has 1 N–H and O–H groups in total. The van der Waals surface area contributed by atoms with Crippen LogP contribution in [-0.4, -0.2) is 27.3 Å². The van der Waals surface area contributed by atoms with Gasteiger partial charge in [0.25, 0.3) is 11.5 Å². The molecule has 5 nitrogen and oxygen atoms in total. The van der Waals surface area contributed by atoms with E-state index < -0.39 is 5.56 Å². The van der Waals surface area contributed by atoms with E-state index in [-0.39, 0.29) is 11.5 Å². The maximum Gasteiger partial charge on any atom is 0.264 e. The summed E-state index contributed by atoms with van der Waals surface area (Å²) in [7, 11) is 0. The molecule has 1 aromatic heterocycles. The summed E-state index contributed by atoms with van der Waals surface area (Å²) in [6, 6.07) is 17.5. The lowest BCUT2D eigenvalue weighted by Gasteiger charge is -2.28. The molecule has 1 aliphatic rings. The van der Waals surface area contributed by atoms with E-state index in [2.05, 4.69) is 16.0 Å². The lowest BCUT2D eigenvalue weighted by atomic mass is 9.99. The van der Waals surface area contributed by atoms with Crippen molar-refractivity contribution in [2.45, 2.75) is 13.0 Å². The molecular formula is C20H17N3O2. The Labute approximate surface area is 145 Å². The van der Waals surface area contributed by atoms with Crippen LogP contribution >= 0.6 is 0 Å². The van der Waals surface area contributed by atoms with Crippen LogP contribution in [0.4, 0.5) is 0 Å². The fraction of sp³-hybridized carbons (Fsp3) is 0.150. The summed E-state index contributed by atoms with van der Waals surface area (Å²) in [6.07, 6.45) is 2.18. The molecule has 3 aromatic rings. The van der Waals surface area contributed by atoms with Crippen LogP contribution in [0.5, 0.6) is 0 Å². The van der Waals surface area contributed by atoms with Crippen LogP contribution in [0.2, 0.25) is 0 Å². The third kappa shape index (κ3) is 2.96. The van der Waals surface area contributed by atoms with Gasteiger partial charge in [-0.1, -0.05) is 54.6 Å². The van der Waals surface area contributed by atoms with Crippen LogP contribution in [0, 0.1) is 0 Å². The molecule has 0 spiro atoms. The summed E-state index contributed by atoms with van der Waals surface area (Å²) in [5, 5.41) is 0. The Morgan fingerprint density at radius 1 is 1.00 bits per heavy atom. The van der Waals surface area contributed by atoms with E-state index in [9.17, 15) is 9.59 Å². The molecule has 0 saturated heterocycles. The van der Waals surface area contributed by atoms with Crippen molar-refractivity contribution in [1.82, 2.24) is 14.9 Å². The standard InChI is InChI=1S/C20H17N3O2/c24-19-17(12-21-18(22-19)15-7-2-1-3-8-15)20(25)23-11-10-14-6-4-5-9-16(14)13-23/h1-9,12H,10-11,13H2,(H,21,22,24). The van der Waals surface area contributed by atoms with Gasteiger partial charge in [0, 0.05) is 24.8 Å². The summed E-state index contributed by atoms with van der Waals surface area (Å²) >= 11 is 0. The van der Waals surface area contributed by atoms with Crippen LogP contribution in [-0.2, 0) is 13.0 Å². The molecule has 0 unspecified atom stereocenters. The van der Waals surface area contributed by atoms with Gasteiger partial charge >= 0.3 is 0 Å². The normalized spacial score (nSPS) is 13.4. The van der Waals surface area contributed by atoms with Crippen molar-refractivity contribution in [2.24, 2.45) is 0 Å². The zero-order valence-electron chi connectivity index (χ0n) is 13.6. The van der Waals surface area contributed by atoms with Crippen LogP contribution in [0.3, 0.4) is 0 Å². The number of carbonyl (C=O) groups is 1. The maximum absolute atomic E-state index is 12.7. The Morgan fingerprint density at radius 3 is 2.48 bits per heavy atom. The highest BCUT2D eigenvalue weighted by Gasteiger charge is 2.23. The third-order valence-electron chi connectivity index (χ3n) is 4.49. The number of aromatic nitrogens is 2. The van der Waals surface area contributed by atoms with E-state index >= 15 is 0 Å². The lowest BCUT2D eigenvalue weighted by molar-refractivity contribution is 0.0732. The highest BCUT2D eigenvalue weighted by atomic mass is 16.2. The van der Waals surface area contributed by atoms with Gasteiger partial charge in [0.15, 0.2) is 0 Å². The Bertz CT molecular complexity index is 979. The van der Waals surface area contributed by atoms with Gasteiger partial charge in [-0.25, -0.2) is 4.98 Å². The molecular weight excluding hydrogens is 314 g/mol. The molecule has 0 fully saturated rings. The number of carbonyl (C=O) groups excluding carboxylic acids is 1. The van der Waals surface area contributed by atoms with E-state index in [4.69, 9.17) is 0 Å². The number of nitrogens with zero attached hydrogens (tertiary/aromatic N) is 2. The predicted octanol–water partition coefficient (Wildman–Crippen LogP) is 2.64. The number of hydrogen-bond donors (Lipinski definition) is 1. The molecule has 1 aliphatic heterocycles. The molecule has 0 aliphatic carbocycles. The monoisotopic (exact) mass is 331 g/mol. The lowest BCUT2D eigenvalue weighted by Crippen LogP contribution is -2.38. The number of hydrogen-bond acceptors (Lipinski definition) is 3. The second-order valence-electron chi connectivity index (χ2n) is 6.09. The Kier molecular flexibility index (Phi) is 3.90. The molecule has 4 rings (SSSR count). The van der Waals surface area contributed by atoms with Crippen molar-refractivity contribution in [3.05, 3.63) is 87.8 Å². The fourth-order valence-electron chi connectivity index (χ4n) is 3.13. The third-order valence-corrected chi connectivity index (χ3v) is 4.49. The second-order valence-corrected chi connectivity index (χ2v) is 6.09. The number of nitrogens with one attached hydrogen (secondary N) is 1. The first-order chi connectivity index (χ1) is 12.2. The number of amides is 1. The summed E-state index contributed by atoms with van der Waals surface area (Å²) in [4.78, 5) is 33.8. The zero-order valence-corrected chi connectivity index (χ0v) is 13.6. The molecule has 0 bridgehead atoms. The first-order valence-corrected chi connectivity index (χ1v) is 8.23. The summed E-state index contributed by atoms with van der Waals surface area (Å²) in [5.41, 5.74) is 2.88. The van der Waals surface area contributed by atoms with Gasteiger partial charge < -0.3 is 9.88 Å². The second kappa shape index (κ2) is 6.36. The summed E-state index contributed by atoms with van der Waals surface area (Å²) in [6.45, 7) is 1.13. The minimum absolute atomic E-state index is 0.0825. The summed E-state index contributed by atoms with van der Waals surface area (Å²) < 4.78 is 0. The minimum atomic E-state index is -0.405. The average Bonchev–Trinajstić information content (AvgIpc) is 2.67. The van der Waals surface area contributed by atoms with Crippen LogP contribution in [0.25, 0.3) is 11.4 Å². The van der Waals surface area contributed by atoms with Crippen molar-refractivity contribution in [3.8, 4) is 11.4 Å². The van der Waals surface area contributed by atoms with Gasteiger partial charge in [0.05, 0.1) is 0 Å². The number of benzene rings is 2. The van der Waals surface area contributed by atoms with E-state index in [0.29, 0.717) is 18.9 Å². The first kappa shape index (κ1) is 15.3. The maximum atomic E-state index is 12.7. The predicted molar refractivity (Wildman–Crippen MR) is 95.2 cm³/mol. The average molecular weight is 331 g/mol. The highest BCUT2D eigenvalue weighted by molar-refractivity contribution is 5.93.